The first-order chi connectivity index (χ1) is 11.2. The highest BCUT2D eigenvalue weighted by atomic mass is 79.9. The number of hydrogen-bond acceptors (Lipinski definition) is 3. The Balaban J connectivity index is 2.00. The number of methoxy groups -OCH3 is 2. The van der Waals surface area contributed by atoms with Crippen LogP contribution in [0, 0.1) is 0 Å². The molecule has 3 rings (SSSR count). The van der Waals surface area contributed by atoms with E-state index in [0.29, 0.717) is 0 Å². The zero-order valence-corrected chi connectivity index (χ0v) is 14.5. The van der Waals surface area contributed by atoms with Crippen LogP contribution in [0.1, 0.15) is 0 Å². The molecule has 0 bridgehead atoms. The van der Waals surface area contributed by atoms with E-state index < -0.39 is 0 Å². The van der Waals surface area contributed by atoms with E-state index in [1.807, 2.05) is 54.7 Å². The summed E-state index contributed by atoms with van der Waals surface area (Å²) in [5.41, 5.74) is 4.28. The molecule has 1 aromatic heterocycles. The van der Waals surface area contributed by atoms with E-state index in [4.69, 9.17) is 9.47 Å². The maximum Gasteiger partial charge on any atom is 0.118 e. The lowest BCUT2D eigenvalue weighted by Crippen LogP contribution is -1.88. The Bertz CT molecular complexity index is 799. The van der Waals surface area contributed by atoms with Gasteiger partial charge in [0.05, 0.1) is 14.2 Å². The first kappa shape index (κ1) is 15.6. The molecule has 2 aromatic carbocycles. The minimum absolute atomic E-state index is 0.819. The summed E-state index contributed by atoms with van der Waals surface area (Å²) in [5.74, 6) is 1.68. The summed E-state index contributed by atoms with van der Waals surface area (Å²) in [6.07, 6.45) is 1.86. The van der Waals surface area contributed by atoms with Crippen molar-refractivity contribution >= 4 is 15.9 Å². The van der Waals surface area contributed by atoms with Gasteiger partial charge in [-0.2, -0.15) is 0 Å². The number of pyridine rings is 1. The number of benzene rings is 2. The van der Waals surface area contributed by atoms with E-state index in [9.17, 15) is 0 Å². The first-order valence-corrected chi connectivity index (χ1v) is 7.95. The summed E-state index contributed by atoms with van der Waals surface area (Å²) >= 11 is 3.54. The molecule has 0 saturated heterocycles. The minimum atomic E-state index is 0.819. The fourth-order valence-electron chi connectivity index (χ4n) is 2.36. The van der Waals surface area contributed by atoms with Crippen molar-refractivity contribution in [1.29, 1.82) is 0 Å². The fraction of sp³-hybridized carbons (Fsp3) is 0.105. The molecule has 0 aliphatic carbocycles. The van der Waals surface area contributed by atoms with Gasteiger partial charge in [0.2, 0.25) is 0 Å². The van der Waals surface area contributed by atoms with Gasteiger partial charge in [-0.25, -0.2) is 4.98 Å². The van der Waals surface area contributed by atoms with Gasteiger partial charge in [0.15, 0.2) is 0 Å². The van der Waals surface area contributed by atoms with Gasteiger partial charge >= 0.3 is 0 Å². The molecule has 4 heteroatoms. The Morgan fingerprint density at radius 2 is 1.26 bits per heavy atom. The highest BCUT2D eigenvalue weighted by Gasteiger charge is 2.08. The molecule has 3 nitrogen and oxygen atoms in total. The summed E-state index contributed by atoms with van der Waals surface area (Å²) in [6.45, 7) is 0. The Morgan fingerprint density at radius 3 is 1.78 bits per heavy atom. The predicted molar refractivity (Wildman–Crippen MR) is 95.9 cm³/mol. The third-order valence-electron chi connectivity index (χ3n) is 3.66. The highest BCUT2D eigenvalue weighted by molar-refractivity contribution is 9.10. The summed E-state index contributed by atoms with van der Waals surface area (Å²) in [5, 5.41) is 0. The second-order valence-electron chi connectivity index (χ2n) is 5.02. The summed E-state index contributed by atoms with van der Waals surface area (Å²) < 4.78 is 11.2. The molecule has 0 radical (unpaired) electrons. The van der Waals surface area contributed by atoms with Crippen LogP contribution in [0.2, 0.25) is 0 Å². The molecule has 1 heterocycles. The molecule has 0 spiro atoms. The normalized spacial score (nSPS) is 10.4. The lowest BCUT2D eigenvalue weighted by atomic mass is 10.0. The molecular weight excluding hydrogens is 354 g/mol. The van der Waals surface area contributed by atoms with Gasteiger partial charge in [-0.1, -0.05) is 24.3 Å². The Labute approximate surface area is 144 Å². The van der Waals surface area contributed by atoms with E-state index in [1.54, 1.807) is 14.2 Å². The average Bonchev–Trinajstić information content (AvgIpc) is 2.62. The molecule has 23 heavy (non-hydrogen) atoms. The largest absolute Gasteiger partial charge is 0.497 e. The van der Waals surface area contributed by atoms with Crippen LogP contribution in [0.15, 0.2) is 65.4 Å². The van der Waals surface area contributed by atoms with Crippen LogP contribution in [0.25, 0.3) is 22.3 Å². The molecule has 116 valence electrons. The van der Waals surface area contributed by atoms with Crippen molar-refractivity contribution in [1.82, 2.24) is 4.98 Å². The Hall–Kier alpha value is -2.33. The first-order valence-electron chi connectivity index (χ1n) is 7.15. The van der Waals surface area contributed by atoms with Gasteiger partial charge in [-0.05, 0) is 57.4 Å². The molecule has 0 amide bonds. The van der Waals surface area contributed by atoms with Crippen molar-refractivity contribution in [3.05, 3.63) is 65.4 Å². The van der Waals surface area contributed by atoms with Gasteiger partial charge in [-0.3, -0.25) is 0 Å². The zero-order valence-electron chi connectivity index (χ0n) is 12.9. The molecule has 0 fully saturated rings. The lowest BCUT2D eigenvalue weighted by molar-refractivity contribution is 0.415. The second-order valence-corrected chi connectivity index (χ2v) is 5.77. The van der Waals surface area contributed by atoms with Crippen LogP contribution in [0.5, 0.6) is 11.5 Å². The van der Waals surface area contributed by atoms with Crippen molar-refractivity contribution in [3.63, 3.8) is 0 Å². The van der Waals surface area contributed by atoms with Gasteiger partial charge in [0, 0.05) is 17.3 Å². The van der Waals surface area contributed by atoms with E-state index in [0.717, 1.165) is 38.4 Å². The molecular formula is C19H16BrNO2. The number of nitrogens with zero attached hydrogens (tertiary/aromatic N) is 1. The Kier molecular flexibility index (Phi) is 4.63. The SMILES string of the molecule is COc1ccc(-c2cnc(Br)c(-c3ccc(OC)cc3)c2)cc1. The zero-order chi connectivity index (χ0) is 16.2. The maximum atomic E-state index is 5.21. The van der Waals surface area contributed by atoms with Crippen LogP contribution in [0.3, 0.4) is 0 Å². The van der Waals surface area contributed by atoms with Crippen molar-refractivity contribution in [2.45, 2.75) is 0 Å². The average molecular weight is 370 g/mol. The number of ether oxygens (including phenoxy) is 2. The van der Waals surface area contributed by atoms with E-state index in [1.165, 1.54) is 0 Å². The number of hydrogen-bond donors (Lipinski definition) is 0. The topological polar surface area (TPSA) is 31.4 Å². The molecule has 0 N–H and O–H groups in total. The molecule has 0 unspecified atom stereocenters. The van der Waals surface area contributed by atoms with Crippen LogP contribution in [-0.2, 0) is 0 Å². The highest BCUT2D eigenvalue weighted by Crippen LogP contribution is 2.32. The maximum absolute atomic E-state index is 5.21. The standard InChI is InChI=1S/C19H16BrNO2/c1-22-16-7-3-13(4-8-16)15-11-18(19(20)21-12-15)14-5-9-17(23-2)10-6-14/h3-12H,1-2H3. The second kappa shape index (κ2) is 6.84. The van der Waals surface area contributed by atoms with E-state index >= 15 is 0 Å². The molecule has 3 aromatic rings. The van der Waals surface area contributed by atoms with Crippen LogP contribution in [-0.4, -0.2) is 19.2 Å². The fourth-order valence-corrected chi connectivity index (χ4v) is 2.81. The van der Waals surface area contributed by atoms with Gasteiger partial charge in [-0.15, -0.1) is 0 Å². The quantitative estimate of drug-likeness (QED) is 0.592. The Morgan fingerprint density at radius 1 is 0.739 bits per heavy atom. The van der Waals surface area contributed by atoms with Gasteiger partial charge < -0.3 is 9.47 Å². The van der Waals surface area contributed by atoms with Crippen molar-refractivity contribution in [3.8, 4) is 33.8 Å². The smallest absolute Gasteiger partial charge is 0.118 e. The summed E-state index contributed by atoms with van der Waals surface area (Å²) in [7, 11) is 3.33. The van der Waals surface area contributed by atoms with E-state index in [2.05, 4.69) is 27.0 Å². The number of halogens is 1. The predicted octanol–water partition coefficient (Wildman–Crippen LogP) is 5.20. The van der Waals surface area contributed by atoms with Crippen molar-refractivity contribution < 1.29 is 9.47 Å². The minimum Gasteiger partial charge on any atom is -0.497 e. The van der Waals surface area contributed by atoms with Crippen LogP contribution < -0.4 is 9.47 Å². The van der Waals surface area contributed by atoms with Crippen LogP contribution in [0.4, 0.5) is 0 Å². The van der Waals surface area contributed by atoms with Gasteiger partial charge in [0.1, 0.15) is 16.1 Å². The number of rotatable bonds is 4. The third-order valence-corrected chi connectivity index (χ3v) is 4.30. The van der Waals surface area contributed by atoms with Crippen molar-refractivity contribution in [2.24, 2.45) is 0 Å². The lowest BCUT2D eigenvalue weighted by Gasteiger charge is -2.09. The molecule has 0 aliphatic rings. The molecule has 0 aliphatic heterocycles. The summed E-state index contributed by atoms with van der Waals surface area (Å²) in [4.78, 5) is 4.47. The van der Waals surface area contributed by atoms with Crippen LogP contribution >= 0.6 is 15.9 Å². The summed E-state index contributed by atoms with van der Waals surface area (Å²) in [6, 6.07) is 18.0. The van der Waals surface area contributed by atoms with E-state index in [-0.39, 0.29) is 0 Å². The third kappa shape index (κ3) is 3.37. The number of aromatic nitrogens is 1. The monoisotopic (exact) mass is 369 g/mol. The molecule has 0 saturated carbocycles. The molecule has 0 atom stereocenters. The van der Waals surface area contributed by atoms with Gasteiger partial charge in [0.25, 0.3) is 0 Å². The van der Waals surface area contributed by atoms with Crippen molar-refractivity contribution in [2.75, 3.05) is 14.2 Å².